The Bertz CT molecular complexity index is 936. The summed E-state index contributed by atoms with van der Waals surface area (Å²) in [4.78, 5) is 0. The summed E-state index contributed by atoms with van der Waals surface area (Å²) in [5, 5.41) is 61.7. The normalized spacial score (nSPS) is 49.9. The quantitative estimate of drug-likeness (QED) is 0.108. The predicted octanol–water partition coefficient (Wildman–Crippen LogP) is -6.55. The second-order valence-electron chi connectivity index (χ2n) is 11.7. The fraction of sp³-hybridized carbons (Fsp3) is 0.960. The molecular formula is C25H47N7O11. The van der Waals surface area contributed by atoms with Crippen molar-refractivity contribution in [2.45, 2.75) is 136 Å². The van der Waals surface area contributed by atoms with Crippen molar-refractivity contribution in [1.29, 1.82) is 5.26 Å². The number of aliphatic hydroxyl groups is 5. The molecule has 0 bridgehead atoms. The van der Waals surface area contributed by atoms with Crippen molar-refractivity contribution >= 4 is 0 Å². The minimum Gasteiger partial charge on any atom is -0.394 e. The average Bonchev–Trinajstić information content (AvgIpc) is 3.28. The van der Waals surface area contributed by atoms with E-state index >= 15 is 0 Å². The summed E-state index contributed by atoms with van der Waals surface area (Å²) in [7, 11) is 0. The molecule has 18 atom stereocenters. The van der Waals surface area contributed by atoms with E-state index < -0.39 is 117 Å². The Kier molecular flexibility index (Phi) is 12.0. The van der Waals surface area contributed by atoms with Gasteiger partial charge in [-0.1, -0.05) is 0 Å². The minimum atomic E-state index is -1.56. The first kappa shape index (κ1) is 34.7. The summed E-state index contributed by atoms with van der Waals surface area (Å²) in [5.41, 5.74) is 36.5. The molecule has 3 aliphatic heterocycles. The first-order valence-corrected chi connectivity index (χ1v) is 14.5. The lowest BCUT2D eigenvalue weighted by atomic mass is 9.84. The average molecular weight is 622 g/mol. The van der Waals surface area contributed by atoms with Crippen molar-refractivity contribution in [3.63, 3.8) is 0 Å². The van der Waals surface area contributed by atoms with E-state index in [4.69, 9.17) is 68.1 Å². The van der Waals surface area contributed by atoms with Gasteiger partial charge in [0.15, 0.2) is 18.9 Å². The Hall–Kier alpha value is -1.19. The molecule has 18 heteroatoms. The van der Waals surface area contributed by atoms with Crippen LogP contribution in [0.2, 0.25) is 0 Å². The highest BCUT2D eigenvalue weighted by atomic mass is 16.8. The molecule has 3 heterocycles. The van der Waals surface area contributed by atoms with E-state index in [0.29, 0.717) is 12.8 Å². The Morgan fingerprint density at radius 2 is 1.40 bits per heavy atom. The highest BCUT2D eigenvalue weighted by molar-refractivity contribution is 5.01. The van der Waals surface area contributed by atoms with E-state index in [1.807, 2.05) is 6.07 Å². The Labute approximate surface area is 249 Å². The van der Waals surface area contributed by atoms with Crippen LogP contribution in [0.1, 0.15) is 25.7 Å². The van der Waals surface area contributed by atoms with Crippen LogP contribution in [-0.4, -0.2) is 149 Å². The van der Waals surface area contributed by atoms with Gasteiger partial charge in [-0.05, 0) is 19.3 Å². The van der Waals surface area contributed by atoms with Gasteiger partial charge in [0.2, 0.25) is 0 Å². The maximum atomic E-state index is 11.2. The Balaban J connectivity index is 1.48. The number of aliphatic hydroxyl groups excluding tert-OH is 5. The number of ether oxygens (including phenoxy) is 6. The number of hydrogen-bond acceptors (Lipinski definition) is 18. The first-order valence-electron chi connectivity index (χ1n) is 14.5. The van der Waals surface area contributed by atoms with Crippen molar-refractivity contribution in [2.75, 3.05) is 13.2 Å². The van der Waals surface area contributed by atoms with Crippen LogP contribution in [-0.2, 0) is 28.4 Å². The van der Waals surface area contributed by atoms with E-state index in [-0.39, 0.29) is 19.4 Å². The zero-order valence-electron chi connectivity index (χ0n) is 23.7. The summed E-state index contributed by atoms with van der Waals surface area (Å²) >= 11 is 0. The van der Waals surface area contributed by atoms with Crippen LogP contribution in [0.3, 0.4) is 0 Å². The molecule has 1 saturated carbocycles. The van der Waals surface area contributed by atoms with Gasteiger partial charge in [-0.3, -0.25) is 0 Å². The van der Waals surface area contributed by atoms with Gasteiger partial charge in [0.05, 0.1) is 43.4 Å². The Morgan fingerprint density at radius 1 is 0.744 bits per heavy atom. The van der Waals surface area contributed by atoms with Crippen LogP contribution in [0.15, 0.2) is 0 Å². The Morgan fingerprint density at radius 3 is 2.05 bits per heavy atom. The van der Waals surface area contributed by atoms with E-state index in [1.54, 1.807) is 0 Å². The van der Waals surface area contributed by atoms with Gasteiger partial charge in [-0.15, -0.1) is 0 Å². The third kappa shape index (κ3) is 7.45. The van der Waals surface area contributed by atoms with Crippen LogP contribution < -0.4 is 34.4 Å². The van der Waals surface area contributed by atoms with E-state index in [0.717, 1.165) is 0 Å². The molecule has 0 radical (unpaired) electrons. The maximum Gasteiger partial charge on any atom is 0.187 e. The minimum absolute atomic E-state index is 0.0737. The molecule has 248 valence electrons. The topological polar surface area (TPSA) is 336 Å². The molecular weight excluding hydrogens is 574 g/mol. The summed E-state index contributed by atoms with van der Waals surface area (Å²) in [5.74, 6) is 0. The summed E-state index contributed by atoms with van der Waals surface area (Å²) in [6.07, 6.45) is -14.4. The highest BCUT2D eigenvalue weighted by Crippen LogP contribution is 2.34. The SMILES string of the molecule is N#CCC(N)C1CCC(N)C(OC2C(N)CC(N)C(O)C2OC2OC(CO)C(OC3OC(CN)C(O)C(O)C3N)C2O)O1. The summed E-state index contributed by atoms with van der Waals surface area (Å²) in [6.45, 7) is -0.763. The van der Waals surface area contributed by atoms with Gasteiger partial charge in [0.1, 0.15) is 48.8 Å². The molecule has 0 spiro atoms. The molecule has 18 unspecified atom stereocenters. The highest BCUT2D eigenvalue weighted by Gasteiger charge is 2.53. The van der Waals surface area contributed by atoms with Gasteiger partial charge in [0.25, 0.3) is 0 Å². The number of nitrogens with two attached hydrogens (primary N) is 6. The molecule has 0 aromatic heterocycles. The molecule has 3 saturated heterocycles. The van der Waals surface area contributed by atoms with Gasteiger partial charge in [0, 0.05) is 24.7 Å². The smallest absolute Gasteiger partial charge is 0.187 e. The third-order valence-corrected chi connectivity index (χ3v) is 8.64. The number of rotatable bonds is 10. The zero-order valence-corrected chi connectivity index (χ0v) is 23.7. The molecule has 0 aromatic carbocycles. The largest absolute Gasteiger partial charge is 0.394 e. The van der Waals surface area contributed by atoms with Crippen molar-refractivity contribution in [3.8, 4) is 6.07 Å². The lowest BCUT2D eigenvalue weighted by Crippen LogP contribution is -2.65. The van der Waals surface area contributed by atoms with Crippen molar-refractivity contribution in [2.24, 2.45) is 34.4 Å². The molecule has 4 fully saturated rings. The van der Waals surface area contributed by atoms with E-state index in [1.165, 1.54) is 0 Å². The monoisotopic (exact) mass is 621 g/mol. The molecule has 18 nitrogen and oxygen atoms in total. The van der Waals surface area contributed by atoms with Crippen LogP contribution in [0.4, 0.5) is 0 Å². The van der Waals surface area contributed by atoms with E-state index in [9.17, 15) is 25.5 Å². The standard InChI is InChI=1S/C25H47N7O11/c26-4-3-8(28)12-2-1-9(29)23(38-12)41-20-11(31)5-10(30)16(34)22(20)43-25-19(37)21(14(7-33)40-25)42-24-15(32)18(36)17(35)13(6-27)39-24/h8-25,33-37H,1-3,5-7,27-32H2. The fourth-order valence-electron chi connectivity index (χ4n) is 5.99. The predicted molar refractivity (Wildman–Crippen MR) is 145 cm³/mol. The zero-order chi connectivity index (χ0) is 31.6. The number of nitrogens with zero attached hydrogens (tertiary/aromatic N) is 1. The van der Waals surface area contributed by atoms with Crippen molar-refractivity contribution in [1.82, 2.24) is 0 Å². The molecule has 4 aliphatic rings. The van der Waals surface area contributed by atoms with E-state index in [2.05, 4.69) is 0 Å². The fourth-order valence-corrected chi connectivity index (χ4v) is 5.99. The lowest BCUT2D eigenvalue weighted by molar-refractivity contribution is -0.290. The maximum absolute atomic E-state index is 11.2. The number of hydrogen-bond donors (Lipinski definition) is 11. The van der Waals surface area contributed by atoms with Crippen LogP contribution in [0.25, 0.3) is 0 Å². The summed E-state index contributed by atoms with van der Waals surface area (Å²) in [6, 6.07) is -1.89. The number of nitriles is 1. The molecule has 17 N–H and O–H groups in total. The van der Waals surface area contributed by atoms with Gasteiger partial charge in [-0.2, -0.15) is 5.26 Å². The lowest BCUT2D eigenvalue weighted by Gasteiger charge is -2.46. The summed E-state index contributed by atoms with van der Waals surface area (Å²) < 4.78 is 35.4. The molecule has 4 rings (SSSR count). The van der Waals surface area contributed by atoms with Gasteiger partial charge in [-0.25, -0.2) is 0 Å². The van der Waals surface area contributed by atoms with Crippen LogP contribution in [0, 0.1) is 11.3 Å². The molecule has 43 heavy (non-hydrogen) atoms. The molecule has 0 aromatic rings. The van der Waals surface area contributed by atoms with Crippen LogP contribution in [0.5, 0.6) is 0 Å². The van der Waals surface area contributed by atoms with Crippen molar-refractivity contribution < 1.29 is 54.0 Å². The van der Waals surface area contributed by atoms with Gasteiger partial charge >= 0.3 is 0 Å². The second-order valence-corrected chi connectivity index (χ2v) is 11.7. The van der Waals surface area contributed by atoms with Crippen molar-refractivity contribution in [3.05, 3.63) is 0 Å². The molecule has 0 amide bonds. The van der Waals surface area contributed by atoms with Crippen LogP contribution >= 0.6 is 0 Å². The first-order chi connectivity index (χ1) is 20.4. The van der Waals surface area contributed by atoms with Gasteiger partial charge < -0.3 is 88.4 Å². The third-order valence-electron chi connectivity index (χ3n) is 8.64. The molecule has 1 aliphatic carbocycles. The second kappa shape index (κ2) is 14.9.